The van der Waals surface area contributed by atoms with Gasteiger partial charge in [-0.05, 0) is 18.4 Å². The van der Waals surface area contributed by atoms with E-state index in [9.17, 15) is 9.59 Å². The number of anilines is 2. The van der Waals surface area contributed by atoms with Crippen LogP contribution in [0.25, 0.3) is 0 Å². The van der Waals surface area contributed by atoms with E-state index in [0.29, 0.717) is 27.4 Å². The highest BCUT2D eigenvalue weighted by Crippen LogP contribution is 2.50. The first-order valence-electron chi connectivity index (χ1n) is 6.77. The molecule has 120 valence electrons. The second-order valence-electron chi connectivity index (χ2n) is 5.06. The highest BCUT2D eigenvalue weighted by molar-refractivity contribution is 7.19. The molecule has 0 unspecified atom stereocenters. The highest BCUT2D eigenvalue weighted by Gasteiger charge is 2.37. The number of rotatable bonds is 3. The highest BCUT2D eigenvalue weighted by atomic mass is 32.1. The van der Waals surface area contributed by atoms with E-state index in [2.05, 4.69) is 5.32 Å². The summed E-state index contributed by atoms with van der Waals surface area (Å²) in [6.45, 7) is 1.80. The standard InChI is InChI=1S/C15H15N3O3S2/c1-6-8(15(20)21-2)9(7-4-3-5-22-7)10-11(16)12(13(17)19)23-14(10)18-6/h3-5,9,18H,16H2,1-2H3,(H2,17,19)/t9-/m0/s1. The van der Waals surface area contributed by atoms with Crippen molar-refractivity contribution in [2.45, 2.75) is 12.8 Å². The van der Waals surface area contributed by atoms with Crippen LogP contribution in [-0.2, 0) is 9.53 Å². The minimum Gasteiger partial charge on any atom is -0.466 e. The van der Waals surface area contributed by atoms with E-state index < -0.39 is 11.9 Å². The summed E-state index contributed by atoms with van der Waals surface area (Å²) in [4.78, 5) is 25.2. The average molecular weight is 349 g/mol. The Labute approximate surface area is 140 Å². The van der Waals surface area contributed by atoms with E-state index >= 15 is 0 Å². The maximum atomic E-state index is 12.3. The van der Waals surface area contributed by atoms with Crippen LogP contribution in [0.15, 0.2) is 28.8 Å². The predicted octanol–water partition coefficient (Wildman–Crippen LogP) is 2.50. The molecule has 6 nitrogen and oxygen atoms in total. The van der Waals surface area contributed by atoms with E-state index in [0.717, 1.165) is 9.88 Å². The number of esters is 1. The Morgan fingerprint density at radius 1 is 1.39 bits per heavy atom. The quantitative estimate of drug-likeness (QED) is 0.738. The summed E-state index contributed by atoms with van der Waals surface area (Å²) in [6, 6.07) is 3.84. The number of fused-ring (bicyclic) bond motifs is 1. The summed E-state index contributed by atoms with van der Waals surface area (Å²) in [5.41, 5.74) is 13.8. The van der Waals surface area contributed by atoms with Gasteiger partial charge in [-0.3, -0.25) is 4.79 Å². The van der Waals surface area contributed by atoms with Gasteiger partial charge in [0.2, 0.25) is 0 Å². The molecule has 5 N–H and O–H groups in total. The molecule has 1 aliphatic rings. The second kappa shape index (κ2) is 5.71. The minimum absolute atomic E-state index is 0.294. The molecule has 23 heavy (non-hydrogen) atoms. The lowest BCUT2D eigenvalue weighted by atomic mass is 9.86. The van der Waals surface area contributed by atoms with Crippen molar-refractivity contribution in [2.24, 2.45) is 5.73 Å². The number of nitrogens with two attached hydrogens (primary N) is 2. The van der Waals surface area contributed by atoms with E-state index in [1.165, 1.54) is 29.8 Å². The van der Waals surface area contributed by atoms with Gasteiger partial charge in [0.15, 0.2) is 0 Å². The van der Waals surface area contributed by atoms with Gasteiger partial charge >= 0.3 is 5.97 Å². The Bertz CT molecular complexity index is 821. The lowest BCUT2D eigenvalue weighted by Gasteiger charge is -2.27. The van der Waals surface area contributed by atoms with E-state index in [1.54, 1.807) is 6.92 Å². The number of nitrogen functional groups attached to an aromatic ring is 1. The number of thiophene rings is 2. The molecule has 3 rings (SSSR count). The molecule has 2 aromatic rings. The Morgan fingerprint density at radius 2 is 2.13 bits per heavy atom. The third-order valence-electron chi connectivity index (χ3n) is 3.72. The molecule has 2 aromatic heterocycles. The number of primary amides is 1. The number of allylic oxidation sites excluding steroid dienone is 1. The first-order valence-corrected chi connectivity index (χ1v) is 8.46. The third-order valence-corrected chi connectivity index (χ3v) is 5.81. The molecule has 0 fully saturated rings. The van der Waals surface area contributed by atoms with Crippen LogP contribution in [0.3, 0.4) is 0 Å². The van der Waals surface area contributed by atoms with Gasteiger partial charge in [0, 0.05) is 16.1 Å². The van der Waals surface area contributed by atoms with Crippen molar-refractivity contribution < 1.29 is 14.3 Å². The normalized spacial score (nSPS) is 16.7. The number of carbonyl (C=O) groups excluding carboxylic acids is 2. The lowest BCUT2D eigenvalue weighted by Crippen LogP contribution is -2.23. The Kier molecular flexibility index (Phi) is 3.87. The number of amides is 1. The molecule has 8 heteroatoms. The van der Waals surface area contributed by atoms with Crippen LogP contribution in [0.2, 0.25) is 0 Å². The molecule has 1 aliphatic heterocycles. The number of nitrogens with one attached hydrogen (secondary N) is 1. The summed E-state index contributed by atoms with van der Waals surface area (Å²) in [5.74, 6) is -1.38. The van der Waals surface area contributed by atoms with Crippen molar-refractivity contribution in [1.29, 1.82) is 0 Å². The van der Waals surface area contributed by atoms with E-state index in [1.807, 2.05) is 17.5 Å². The van der Waals surface area contributed by atoms with Crippen molar-refractivity contribution >= 4 is 45.2 Å². The van der Waals surface area contributed by atoms with Gasteiger partial charge in [-0.25, -0.2) is 4.79 Å². The van der Waals surface area contributed by atoms with Gasteiger partial charge in [-0.1, -0.05) is 6.07 Å². The molecule has 3 heterocycles. The van der Waals surface area contributed by atoms with Crippen molar-refractivity contribution in [2.75, 3.05) is 18.2 Å². The first kappa shape index (κ1) is 15.6. The fourth-order valence-electron chi connectivity index (χ4n) is 2.74. The Balaban J connectivity index is 2.26. The van der Waals surface area contributed by atoms with Gasteiger partial charge in [0.05, 0.1) is 29.3 Å². The molecule has 0 radical (unpaired) electrons. The van der Waals surface area contributed by atoms with Crippen LogP contribution in [0.1, 0.15) is 33.0 Å². The number of hydrogen-bond acceptors (Lipinski definition) is 7. The van der Waals surface area contributed by atoms with Crippen molar-refractivity contribution in [3.8, 4) is 0 Å². The molecule has 0 bridgehead atoms. The summed E-state index contributed by atoms with van der Waals surface area (Å²) in [6.07, 6.45) is 0. The molecule has 0 spiro atoms. The van der Waals surface area contributed by atoms with E-state index in [4.69, 9.17) is 16.2 Å². The summed E-state index contributed by atoms with van der Waals surface area (Å²) in [5, 5.41) is 5.81. The largest absolute Gasteiger partial charge is 0.466 e. The average Bonchev–Trinajstić information content (AvgIpc) is 3.13. The number of carbonyl (C=O) groups is 2. The Hall–Kier alpha value is -2.32. The molecule has 1 amide bonds. The summed E-state index contributed by atoms with van der Waals surface area (Å²) < 4.78 is 4.94. The molecule has 0 aromatic carbocycles. The zero-order valence-electron chi connectivity index (χ0n) is 12.5. The molecular formula is C15H15N3O3S2. The van der Waals surface area contributed by atoms with Gasteiger partial charge in [-0.15, -0.1) is 22.7 Å². The monoisotopic (exact) mass is 349 g/mol. The summed E-state index contributed by atoms with van der Waals surface area (Å²) in [7, 11) is 1.34. The van der Waals surface area contributed by atoms with Crippen molar-refractivity contribution in [3.63, 3.8) is 0 Å². The Morgan fingerprint density at radius 3 is 2.70 bits per heavy atom. The SMILES string of the molecule is COC(=O)C1=C(C)Nc2sc(C(N)=O)c(N)c2[C@H]1c1cccs1. The van der Waals surface area contributed by atoms with Crippen LogP contribution in [0.4, 0.5) is 10.7 Å². The van der Waals surface area contributed by atoms with Gasteiger partial charge in [0.25, 0.3) is 5.91 Å². The van der Waals surface area contributed by atoms with E-state index in [-0.39, 0.29) is 5.92 Å². The zero-order chi connectivity index (χ0) is 16.7. The van der Waals surface area contributed by atoms with Crippen molar-refractivity contribution in [1.82, 2.24) is 0 Å². The third kappa shape index (κ3) is 2.40. The first-order chi connectivity index (χ1) is 11.0. The van der Waals surface area contributed by atoms with Crippen LogP contribution in [0, 0.1) is 0 Å². The molecule has 1 atom stereocenters. The maximum Gasteiger partial charge on any atom is 0.336 e. The van der Waals surface area contributed by atoms with Gasteiger partial charge in [0.1, 0.15) is 4.88 Å². The number of methoxy groups -OCH3 is 1. The zero-order valence-corrected chi connectivity index (χ0v) is 14.1. The van der Waals surface area contributed by atoms with Crippen LogP contribution in [-0.4, -0.2) is 19.0 Å². The number of ether oxygens (including phenoxy) is 1. The minimum atomic E-state index is -0.578. The molecule has 0 aliphatic carbocycles. The molecule has 0 saturated carbocycles. The predicted molar refractivity (Wildman–Crippen MR) is 91.8 cm³/mol. The van der Waals surface area contributed by atoms with Crippen LogP contribution >= 0.6 is 22.7 Å². The fraction of sp³-hybridized carbons (Fsp3) is 0.200. The fourth-order valence-corrected chi connectivity index (χ4v) is 4.65. The van der Waals surface area contributed by atoms with Crippen molar-refractivity contribution in [3.05, 3.63) is 44.1 Å². The van der Waals surface area contributed by atoms with Crippen LogP contribution in [0.5, 0.6) is 0 Å². The van der Waals surface area contributed by atoms with Crippen LogP contribution < -0.4 is 16.8 Å². The van der Waals surface area contributed by atoms with Gasteiger partial charge in [-0.2, -0.15) is 0 Å². The maximum absolute atomic E-state index is 12.3. The smallest absolute Gasteiger partial charge is 0.336 e. The molecular weight excluding hydrogens is 334 g/mol. The molecule has 0 saturated heterocycles. The topological polar surface area (TPSA) is 107 Å². The summed E-state index contributed by atoms with van der Waals surface area (Å²) >= 11 is 2.72. The number of hydrogen-bond donors (Lipinski definition) is 3. The second-order valence-corrected chi connectivity index (χ2v) is 7.06. The lowest BCUT2D eigenvalue weighted by molar-refractivity contribution is -0.136. The van der Waals surface area contributed by atoms with Gasteiger partial charge < -0.3 is 21.5 Å².